The van der Waals surface area contributed by atoms with Gasteiger partial charge in [-0.15, -0.1) is 0 Å². The molecular formula is C32H64N2O. The summed E-state index contributed by atoms with van der Waals surface area (Å²) in [4.78, 5) is 18.5. The molecule has 1 aliphatic rings. The average molecular weight is 493 g/mol. The number of unbranched alkanes of at least 4 members (excludes halogenated alkanes) is 14. The van der Waals surface area contributed by atoms with Crippen LogP contribution in [0.5, 0.6) is 0 Å². The number of likely N-dealkylation sites (tertiary alicyclic amines) is 1. The van der Waals surface area contributed by atoms with Gasteiger partial charge in [-0.3, -0.25) is 4.79 Å². The van der Waals surface area contributed by atoms with E-state index in [-0.39, 0.29) is 0 Å². The topological polar surface area (TPSA) is 23.6 Å². The van der Waals surface area contributed by atoms with E-state index >= 15 is 0 Å². The summed E-state index contributed by atoms with van der Waals surface area (Å²) in [6, 6.07) is 0.481. The van der Waals surface area contributed by atoms with Crippen molar-refractivity contribution in [3.63, 3.8) is 0 Å². The highest BCUT2D eigenvalue weighted by Gasteiger charge is 2.23. The molecule has 1 fully saturated rings. The molecule has 1 rings (SSSR count). The Kier molecular flexibility index (Phi) is 22.1. The highest BCUT2D eigenvalue weighted by atomic mass is 16.2. The van der Waals surface area contributed by atoms with Crippen molar-refractivity contribution < 1.29 is 4.79 Å². The summed E-state index contributed by atoms with van der Waals surface area (Å²) >= 11 is 0. The lowest BCUT2D eigenvalue weighted by molar-refractivity contribution is -0.134. The van der Waals surface area contributed by atoms with Gasteiger partial charge < -0.3 is 9.80 Å². The number of amides is 1. The summed E-state index contributed by atoms with van der Waals surface area (Å²) in [7, 11) is 0. The van der Waals surface area contributed by atoms with Gasteiger partial charge in [0.05, 0.1) is 0 Å². The minimum absolute atomic E-state index is 0.464. The summed E-state index contributed by atoms with van der Waals surface area (Å²) in [5.74, 6) is 0.464. The van der Waals surface area contributed by atoms with Gasteiger partial charge in [-0.25, -0.2) is 0 Å². The van der Waals surface area contributed by atoms with Gasteiger partial charge in [0.2, 0.25) is 5.91 Å². The van der Waals surface area contributed by atoms with Crippen molar-refractivity contribution in [1.82, 2.24) is 9.80 Å². The Morgan fingerprint density at radius 3 is 1.60 bits per heavy atom. The zero-order chi connectivity index (χ0) is 25.4. The zero-order valence-corrected chi connectivity index (χ0v) is 24.5. The number of carbonyl (C=O) groups excluding carboxylic acids is 1. The number of nitrogens with zero attached hydrogens (tertiary/aromatic N) is 2. The Morgan fingerprint density at radius 1 is 0.629 bits per heavy atom. The largest absolute Gasteiger partial charge is 0.340 e. The maximum atomic E-state index is 13.5. The van der Waals surface area contributed by atoms with Crippen LogP contribution in [0.3, 0.4) is 0 Å². The quantitative estimate of drug-likeness (QED) is 0.118. The van der Waals surface area contributed by atoms with Crippen LogP contribution in [-0.2, 0) is 4.79 Å². The first-order valence-electron chi connectivity index (χ1n) is 16.2. The third-order valence-electron chi connectivity index (χ3n) is 8.11. The molecule has 1 atom stereocenters. The van der Waals surface area contributed by atoms with Crippen molar-refractivity contribution in [3.8, 4) is 0 Å². The van der Waals surface area contributed by atoms with Crippen LogP contribution >= 0.6 is 0 Å². The van der Waals surface area contributed by atoms with Crippen LogP contribution in [-0.4, -0.2) is 47.9 Å². The van der Waals surface area contributed by atoms with Crippen molar-refractivity contribution in [2.24, 2.45) is 0 Å². The Hall–Kier alpha value is -0.570. The molecule has 1 amide bonds. The van der Waals surface area contributed by atoms with Gasteiger partial charge in [0.15, 0.2) is 0 Å². The van der Waals surface area contributed by atoms with Gasteiger partial charge >= 0.3 is 0 Å². The molecule has 3 nitrogen and oxygen atoms in total. The van der Waals surface area contributed by atoms with Crippen LogP contribution < -0.4 is 0 Å². The van der Waals surface area contributed by atoms with Crippen molar-refractivity contribution in [1.29, 1.82) is 0 Å². The van der Waals surface area contributed by atoms with E-state index in [0.29, 0.717) is 11.9 Å². The highest BCUT2D eigenvalue weighted by molar-refractivity contribution is 5.76. The second-order valence-electron chi connectivity index (χ2n) is 11.4. The van der Waals surface area contributed by atoms with E-state index in [1.54, 1.807) is 0 Å². The molecular weight excluding hydrogens is 428 g/mol. The van der Waals surface area contributed by atoms with Crippen LogP contribution in [0.2, 0.25) is 0 Å². The Bertz CT molecular complexity index is 460. The summed E-state index contributed by atoms with van der Waals surface area (Å²) in [6.07, 6.45) is 29.5. The van der Waals surface area contributed by atoms with Crippen molar-refractivity contribution >= 4 is 5.91 Å². The summed E-state index contributed by atoms with van der Waals surface area (Å²) in [5, 5.41) is 0. The Labute approximate surface area is 221 Å². The second kappa shape index (κ2) is 23.8. The number of carbonyl (C=O) groups is 1. The van der Waals surface area contributed by atoms with E-state index in [4.69, 9.17) is 0 Å². The lowest BCUT2D eigenvalue weighted by atomic mass is 9.98. The first-order chi connectivity index (χ1) is 17.2. The minimum Gasteiger partial charge on any atom is -0.340 e. The molecule has 35 heavy (non-hydrogen) atoms. The molecule has 0 aromatic carbocycles. The van der Waals surface area contributed by atoms with Crippen LogP contribution in [0.4, 0.5) is 0 Å². The van der Waals surface area contributed by atoms with Crippen LogP contribution in [0.15, 0.2) is 0 Å². The first-order valence-corrected chi connectivity index (χ1v) is 16.2. The van der Waals surface area contributed by atoms with E-state index in [9.17, 15) is 4.79 Å². The smallest absolute Gasteiger partial charge is 0.222 e. The van der Waals surface area contributed by atoms with Gasteiger partial charge in [-0.1, -0.05) is 124 Å². The van der Waals surface area contributed by atoms with Crippen molar-refractivity contribution in [2.45, 2.75) is 174 Å². The number of hydrogen-bond donors (Lipinski definition) is 0. The molecule has 0 aromatic heterocycles. The Balaban J connectivity index is 2.63. The van der Waals surface area contributed by atoms with Crippen molar-refractivity contribution in [2.75, 3.05) is 26.2 Å². The molecule has 1 heterocycles. The fourth-order valence-electron chi connectivity index (χ4n) is 5.78. The molecule has 1 saturated heterocycles. The minimum atomic E-state index is 0.464. The van der Waals surface area contributed by atoms with Gasteiger partial charge in [0.1, 0.15) is 0 Å². The maximum absolute atomic E-state index is 13.5. The molecule has 1 unspecified atom stereocenters. The van der Waals surface area contributed by atoms with E-state index in [1.165, 1.54) is 148 Å². The monoisotopic (exact) mass is 493 g/mol. The van der Waals surface area contributed by atoms with Crippen molar-refractivity contribution in [3.05, 3.63) is 0 Å². The van der Waals surface area contributed by atoms with Gasteiger partial charge in [-0.05, 0) is 58.2 Å². The number of hydrogen-bond acceptors (Lipinski definition) is 2. The lowest BCUT2D eigenvalue weighted by Gasteiger charge is -2.33. The normalized spacial score (nSPS) is 15.1. The van der Waals surface area contributed by atoms with E-state index in [0.717, 1.165) is 25.8 Å². The predicted octanol–water partition coefficient (Wildman–Crippen LogP) is 9.53. The fraction of sp³-hybridized carbons (Fsp3) is 0.969. The molecule has 0 spiro atoms. The molecule has 208 valence electrons. The molecule has 0 bridgehead atoms. The highest BCUT2D eigenvalue weighted by Crippen LogP contribution is 2.21. The fourth-order valence-corrected chi connectivity index (χ4v) is 5.78. The van der Waals surface area contributed by atoms with Crippen LogP contribution in [0, 0.1) is 0 Å². The molecule has 0 radical (unpaired) electrons. The van der Waals surface area contributed by atoms with E-state index < -0.39 is 0 Å². The number of rotatable bonds is 25. The van der Waals surface area contributed by atoms with E-state index in [2.05, 4.69) is 30.6 Å². The molecule has 0 aliphatic carbocycles. The molecule has 0 N–H and O–H groups in total. The standard InChI is InChI=1S/C32H64N2O/c1-4-7-10-13-16-19-25-31(24-18-15-12-9-6-3)34(30-23-29-33-27-21-22-28-33)32(35)26-20-17-14-11-8-5-2/h31H,4-30H2,1-3H3. The van der Waals surface area contributed by atoms with Gasteiger partial charge in [0, 0.05) is 19.0 Å². The molecule has 0 aromatic rings. The van der Waals surface area contributed by atoms with Gasteiger partial charge in [0.25, 0.3) is 0 Å². The van der Waals surface area contributed by atoms with Gasteiger partial charge in [-0.2, -0.15) is 0 Å². The summed E-state index contributed by atoms with van der Waals surface area (Å²) in [6.45, 7) is 11.6. The second-order valence-corrected chi connectivity index (χ2v) is 11.4. The summed E-state index contributed by atoms with van der Waals surface area (Å²) in [5.41, 5.74) is 0. The maximum Gasteiger partial charge on any atom is 0.222 e. The zero-order valence-electron chi connectivity index (χ0n) is 24.5. The predicted molar refractivity (Wildman–Crippen MR) is 155 cm³/mol. The average Bonchev–Trinajstić information content (AvgIpc) is 3.38. The van der Waals surface area contributed by atoms with Crippen LogP contribution in [0.1, 0.15) is 168 Å². The Morgan fingerprint density at radius 2 is 1.09 bits per heavy atom. The first kappa shape index (κ1) is 32.5. The molecule has 0 saturated carbocycles. The molecule has 3 heteroatoms. The molecule has 1 aliphatic heterocycles. The third kappa shape index (κ3) is 17.5. The lowest BCUT2D eigenvalue weighted by Crippen LogP contribution is -2.42. The SMILES string of the molecule is CCCCCCCCC(=O)N(CCCN1CCCC1)C(CCCCCCC)CCCCCCCC. The third-order valence-corrected chi connectivity index (χ3v) is 8.11. The van der Waals surface area contributed by atoms with E-state index in [1.807, 2.05) is 0 Å². The van der Waals surface area contributed by atoms with Crippen LogP contribution in [0.25, 0.3) is 0 Å². The summed E-state index contributed by atoms with van der Waals surface area (Å²) < 4.78 is 0.